The lowest BCUT2D eigenvalue weighted by molar-refractivity contribution is -0.130. The van der Waals surface area contributed by atoms with Crippen LogP contribution in [0, 0.1) is 0 Å². The molecule has 2 aromatic heterocycles. The van der Waals surface area contributed by atoms with Crippen molar-refractivity contribution < 1.29 is 21.6 Å². The average Bonchev–Trinajstić information content (AvgIpc) is 3.47. The number of amides is 1. The maximum absolute atomic E-state index is 13.5. The second-order valence-corrected chi connectivity index (χ2v) is 15.0. The Morgan fingerprint density at radius 2 is 1.64 bits per heavy atom. The topological polar surface area (TPSA) is 130 Å². The first-order chi connectivity index (χ1) is 15.6. The Labute approximate surface area is 206 Å². The zero-order valence-electron chi connectivity index (χ0n) is 17.6. The number of nitrogens with zero attached hydrogens (tertiary/aromatic N) is 2. The molecule has 0 aromatic carbocycles. The van der Waals surface area contributed by atoms with Gasteiger partial charge in [-0.25, -0.2) is 16.8 Å². The summed E-state index contributed by atoms with van der Waals surface area (Å²) in [7, 11) is -8.25. The lowest BCUT2D eigenvalue weighted by Crippen LogP contribution is -2.64. The Bertz CT molecular complexity index is 1190. The molecule has 1 amide bonds. The molecule has 0 spiro atoms. The van der Waals surface area contributed by atoms with Gasteiger partial charge in [0.2, 0.25) is 0 Å². The highest BCUT2D eigenvalue weighted by molar-refractivity contribution is 7.92. The molecule has 182 valence electrons. The van der Waals surface area contributed by atoms with E-state index in [-0.39, 0.29) is 44.3 Å². The van der Waals surface area contributed by atoms with Crippen molar-refractivity contribution in [3.05, 3.63) is 34.0 Å². The molecule has 0 bridgehead atoms. The average molecular weight is 553 g/mol. The van der Waals surface area contributed by atoms with Crippen LogP contribution >= 0.6 is 34.3 Å². The number of sulfonamides is 2. The third kappa shape index (κ3) is 5.15. The first-order valence-electron chi connectivity index (χ1n) is 10.5. The zero-order chi connectivity index (χ0) is 23.8. The van der Waals surface area contributed by atoms with E-state index in [1.165, 1.54) is 18.2 Å². The first kappa shape index (κ1) is 25.0. The third-order valence-electron chi connectivity index (χ3n) is 5.82. The van der Waals surface area contributed by atoms with Gasteiger partial charge < -0.3 is 11.1 Å². The largest absolute Gasteiger partial charge is 0.351 e. The molecular weight excluding hydrogens is 528 g/mol. The Balaban J connectivity index is 1.71. The first-order valence-corrected chi connectivity index (χ1v) is 15.4. The maximum atomic E-state index is 13.5. The van der Waals surface area contributed by atoms with Gasteiger partial charge in [-0.05, 0) is 55.7 Å². The predicted molar refractivity (Wildman–Crippen MR) is 128 cm³/mol. The normalized spacial score (nSPS) is 25.7. The van der Waals surface area contributed by atoms with Crippen LogP contribution in [0.15, 0.2) is 38.1 Å². The molecule has 9 nitrogen and oxygen atoms in total. The van der Waals surface area contributed by atoms with Crippen LogP contribution in [0.5, 0.6) is 0 Å². The number of hydrogen-bond acceptors (Lipinski definition) is 8. The molecule has 14 heteroatoms. The number of hydrogen-bond donors (Lipinski definition) is 2. The van der Waals surface area contributed by atoms with Gasteiger partial charge in [-0.2, -0.15) is 8.61 Å². The summed E-state index contributed by atoms with van der Waals surface area (Å²) in [5, 5.41) is 4.51. The van der Waals surface area contributed by atoms with Crippen molar-refractivity contribution >= 4 is 60.2 Å². The van der Waals surface area contributed by atoms with Gasteiger partial charge in [-0.1, -0.05) is 17.7 Å². The van der Waals surface area contributed by atoms with Gasteiger partial charge in [-0.15, -0.1) is 22.7 Å². The zero-order valence-corrected chi connectivity index (χ0v) is 21.6. The number of nitrogens with two attached hydrogens (primary N) is 1. The van der Waals surface area contributed by atoms with E-state index >= 15 is 0 Å². The molecule has 2 fully saturated rings. The molecule has 3 N–H and O–H groups in total. The standard InChI is InChI=1S/C19H25ClN4O5S4/c20-15-8-9-17(31-15)33(28,29)24-11-2-10-23(32(26,27)16-3-1-12-30-16)19(24)18(25)22-14-6-4-13(21)5-7-14/h1,3,8-9,12-14,19H,2,4-7,10-11,21H2,(H,22,25). The third-order valence-corrected chi connectivity index (χ3v) is 12.6. The van der Waals surface area contributed by atoms with Crippen LogP contribution in [0.1, 0.15) is 32.1 Å². The maximum Gasteiger partial charge on any atom is 0.254 e. The highest BCUT2D eigenvalue weighted by atomic mass is 35.5. The molecule has 4 rings (SSSR count). The van der Waals surface area contributed by atoms with Gasteiger partial charge in [0.05, 0.1) is 4.34 Å². The molecule has 1 saturated heterocycles. The van der Waals surface area contributed by atoms with Crippen LogP contribution in [-0.2, 0) is 24.8 Å². The molecule has 3 heterocycles. The molecule has 33 heavy (non-hydrogen) atoms. The molecule has 2 aromatic rings. The monoisotopic (exact) mass is 552 g/mol. The van der Waals surface area contributed by atoms with E-state index in [4.69, 9.17) is 17.3 Å². The van der Waals surface area contributed by atoms with Crippen LogP contribution in [-0.4, -0.2) is 62.7 Å². The van der Waals surface area contributed by atoms with Gasteiger partial charge in [0.25, 0.3) is 26.0 Å². The van der Waals surface area contributed by atoms with Gasteiger partial charge in [0, 0.05) is 25.2 Å². The van der Waals surface area contributed by atoms with Crippen molar-refractivity contribution in [2.75, 3.05) is 13.1 Å². The van der Waals surface area contributed by atoms with Crippen molar-refractivity contribution in [1.29, 1.82) is 0 Å². The highest BCUT2D eigenvalue weighted by Gasteiger charge is 2.48. The van der Waals surface area contributed by atoms with Crippen molar-refractivity contribution in [2.24, 2.45) is 5.73 Å². The number of halogens is 1. The minimum Gasteiger partial charge on any atom is -0.351 e. The van der Waals surface area contributed by atoms with Crippen LogP contribution in [0.25, 0.3) is 0 Å². The number of thiophene rings is 2. The molecule has 1 aliphatic carbocycles. The van der Waals surface area contributed by atoms with Crippen molar-refractivity contribution in [1.82, 2.24) is 13.9 Å². The van der Waals surface area contributed by atoms with Crippen molar-refractivity contribution in [2.45, 2.75) is 58.8 Å². The summed E-state index contributed by atoms with van der Waals surface area (Å²) < 4.78 is 56.1. The Kier molecular flexibility index (Phi) is 7.51. The summed E-state index contributed by atoms with van der Waals surface area (Å²) in [6.07, 6.45) is 1.51. The summed E-state index contributed by atoms with van der Waals surface area (Å²) in [5.41, 5.74) is 5.95. The van der Waals surface area contributed by atoms with E-state index in [9.17, 15) is 21.6 Å². The fourth-order valence-electron chi connectivity index (χ4n) is 4.15. The minimum absolute atomic E-state index is 0.0158. The lowest BCUT2D eigenvalue weighted by atomic mass is 9.92. The van der Waals surface area contributed by atoms with Crippen LogP contribution in [0.2, 0.25) is 4.34 Å². The quantitative estimate of drug-likeness (QED) is 0.565. The summed E-state index contributed by atoms with van der Waals surface area (Å²) in [6.45, 7) is 0.0486. The number of nitrogens with one attached hydrogen (secondary N) is 1. The fraction of sp³-hybridized carbons (Fsp3) is 0.526. The van der Waals surface area contributed by atoms with E-state index < -0.39 is 32.1 Å². The second-order valence-electron chi connectivity index (χ2n) is 8.07. The molecule has 1 atom stereocenters. The van der Waals surface area contributed by atoms with E-state index in [0.29, 0.717) is 12.8 Å². The summed E-state index contributed by atoms with van der Waals surface area (Å²) in [6, 6.07) is 5.76. The number of carbonyl (C=O) groups is 1. The Hall–Kier alpha value is -1.06. The van der Waals surface area contributed by atoms with Crippen molar-refractivity contribution in [3.63, 3.8) is 0 Å². The molecule has 1 aliphatic heterocycles. The molecular formula is C19H25ClN4O5S4. The van der Waals surface area contributed by atoms with E-state index in [1.54, 1.807) is 11.4 Å². The Morgan fingerprint density at radius 3 is 2.18 bits per heavy atom. The molecule has 0 radical (unpaired) electrons. The molecule has 1 saturated carbocycles. The van der Waals surface area contributed by atoms with Crippen LogP contribution < -0.4 is 11.1 Å². The van der Waals surface area contributed by atoms with Crippen LogP contribution in [0.3, 0.4) is 0 Å². The SMILES string of the molecule is NC1CCC(NC(=O)C2N(S(=O)(=O)c3cccs3)CCCN2S(=O)(=O)c2ccc(Cl)s2)CC1. The minimum atomic E-state index is -4.16. The molecule has 2 aliphatic rings. The van der Waals surface area contributed by atoms with E-state index in [1.807, 2.05) is 0 Å². The predicted octanol–water partition coefficient (Wildman–Crippen LogP) is 2.26. The molecule has 1 unspecified atom stereocenters. The van der Waals surface area contributed by atoms with Gasteiger partial charge in [0.15, 0.2) is 6.17 Å². The Morgan fingerprint density at radius 1 is 1.00 bits per heavy atom. The summed E-state index contributed by atoms with van der Waals surface area (Å²) in [5.74, 6) is -0.651. The van der Waals surface area contributed by atoms with E-state index in [2.05, 4.69) is 5.32 Å². The van der Waals surface area contributed by atoms with Gasteiger partial charge >= 0.3 is 0 Å². The lowest BCUT2D eigenvalue weighted by Gasteiger charge is -2.41. The summed E-state index contributed by atoms with van der Waals surface area (Å²) >= 11 is 7.85. The van der Waals surface area contributed by atoms with Crippen LogP contribution in [0.4, 0.5) is 0 Å². The highest BCUT2D eigenvalue weighted by Crippen LogP contribution is 2.34. The number of carbonyl (C=O) groups excluding carboxylic acids is 1. The van der Waals surface area contributed by atoms with Gasteiger partial charge in [-0.3, -0.25) is 4.79 Å². The number of rotatable bonds is 6. The second kappa shape index (κ2) is 9.90. The van der Waals surface area contributed by atoms with E-state index in [0.717, 1.165) is 44.1 Å². The summed E-state index contributed by atoms with van der Waals surface area (Å²) in [4.78, 5) is 13.5. The fourth-order valence-corrected chi connectivity index (χ4v) is 10.1. The smallest absolute Gasteiger partial charge is 0.254 e. The van der Waals surface area contributed by atoms with Crippen molar-refractivity contribution in [3.8, 4) is 0 Å². The van der Waals surface area contributed by atoms with Gasteiger partial charge in [0.1, 0.15) is 8.42 Å².